The van der Waals surface area contributed by atoms with Gasteiger partial charge in [-0.25, -0.2) is 0 Å². The van der Waals surface area contributed by atoms with Crippen molar-refractivity contribution < 1.29 is 9.47 Å². The third kappa shape index (κ3) is 3.40. The Morgan fingerprint density at radius 2 is 1.92 bits per heavy atom. The Balaban J connectivity index is 1.81. The number of nitrogens with zero attached hydrogens (tertiary/aromatic N) is 1. The van der Waals surface area contributed by atoms with Crippen LogP contribution in [-0.2, 0) is 6.42 Å². The Hall–Kier alpha value is -1.26. The normalized spacial score (nSPS) is 26.8. The average Bonchev–Trinajstić information content (AvgIpc) is 2.58. The van der Waals surface area contributed by atoms with Crippen molar-refractivity contribution in [3.63, 3.8) is 0 Å². The van der Waals surface area contributed by atoms with Crippen LogP contribution in [0.3, 0.4) is 0 Å². The van der Waals surface area contributed by atoms with Crippen LogP contribution in [0.15, 0.2) is 12.1 Å². The molecule has 3 atom stereocenters. The van der Waals surface area contributed by atoms with Gasteiger partial charge in [-0.3, -0.25) is 4.90 Å². The van der Waals surface area contributed by atoms with E-state index in [0.29, 0.717) is 18.0 Å². The van der Waals surface area contributed by atoms with Gasteiger partial charge in [0, 0.05) is 25.2 Å². The van der Waals surface area contributed by atoms with E-state index in [1.807, 2.05) is 0 Å². The Morgan fingerprint density at radius 3 is 2.58 bits per heavy atom. The highest BCUT2D eigenvalue weighted by Crippen LogP contribution is 2.43. The van der Waals surface area contributed by atoms with E-state index >= 15 is 0 Å². The molecular weight excluding hydrogens is 300 g/mol. The molecule has 4 nitrogen and oxygen atoms in total. The lowest BCUT2D eigenvalue weighted by Crippen LogP contribution is -2.50. The summed E-state index contributed by atoms with van der Waals surface area (Å²) in [5.74, 6) is 3.05. The zero-order valence-electron chi connectivity index (χ0n) is 15.5. The molecule has 0 spiro atoms. The topological polar surface area (TPSA) is 47.7 Å². The van der Waals surface area contributed by atoms with E-state index in [4.69, 9.17) is 15.2 Å². The summed E-state index contributed by atoms with van der Waals surface area (Å²) in [6, 6.07) is 5.05. The molecule has 24 heavy (non-hydrogen) atoms. The second-order valence-electron chi connectivity index (χ2n) is 7.80. The van der Waals surface area contributed by atoms with E-state index in [1.54, 1.807) is 14.2 Å². The van der Waals surface area contributed by atoms with Crippen molar-refractivity contribution >= 4 is 0 Å². The molecule has 134 valence electrons. The Bertz CT molecular complexity index is 573. The number of hydrogen-bond acceptors (Lipinski definition) is 4. The van der Waals surface area contributed by atoms with Gasteiger partial charge in [0.25, 0.3) is 0 Å². The van der Waals surface area contributed by atoms with Crippen molar-refractivity contribution in [3.8, 4) is 11.5 Å². The second kappa shape index (κ2) is 7.32. The molecule has 0 bridgehead atoms. The molecule has 0 aromatic heterocycles. The van der Waals surface area contributed by atoms with Crippen LogP contribution < -0.4 is 15.2 Å². The molecule has 1 aromatic rings. The van der Waals surface area contributed by atoms with Crippen LogP contribution in [0.1, 0.15) is 50.3 Å². The van der Waals surface area contributed by atoms with Crippen LogP contribution in [-0.4, -0.2) is 38.3 Å². The van der Waals surface area contributed by atoms with Gasteiger partial charge in [0.2, 0.25) is 0 Å². The monoisotopic (exact) mass is 332 g/mol. The maximum Gasteiger partial charge on any atom is 0.161 e. The first-order chi connectivity index (χ1) is 11.5. The van der Waals surface area contributed by atoms with Gasteiger partial charge < -0.3 is 15.2 Å². The molecule has 1 fully saturated rings. The van der Waals surface area contributed by atoms with Crippen LogP contribution in [0, 0.1) is 11.8 Å². The van der Waals surface area contributed by atoms with E-state index in [0.717, 1.165) is 43.3 Å². The molecule has 2 aliphatic rings. The Labute approximate surface area is 146 Å². The van der Waals surface area contributed by atoms with Gasteiger partial charge >= 0.3 is 0 Å². The Morgan fingerprint density at radius 1 is 1.21 bits per heavy atom. The summed E-state index contributed by atoms with van der Waals surface area (Å²) in [5, 5.41) is 0. The standard InChI is InChI=1S/C20H32N2O2/c1-13(2)5-6-15-12-22-8-7-14-9-19(23-3)20(24-4)10-16(14)18(22)11-17(15)21/h9-10,13,15,17-18H,5-8,11-12,21H2,1-4H3/t15-,17-,18-/m1/s1. The smallest absolute Gasteiger partial charge is 0.161 e. The van der Waals surface area contributed by atoms with Crippen molar-refractivity contribution in [2.24, 2.45) is 17.6 Å². The number of methoxy groups -OCH3 is 2. The lowest BCUT2D eigenvalue weighted by atomic mass is 9.78. The highest BCUT2D eigenvalue weighted by Gasteiger charge is 2.37. The van der Waals surface area contributed by atoms with Gasteiger partial charge in [-0.1, -0.05) is 20.3 Å². The highest BCUT2D eigenvalue weighted by molar-refractivity contribution is 5.49. The molecule has 0 saturated carbocycles. The van der Waals surface area contributed by atoms with Crippen LogP contribution >= 0.6 is 0 Å². The minimum atomic E-state index is 0.295. The number of piperidine rings is 1. The van der Waals surface area contributed by atoms with Gasteiger partial charge in [-0.05, 0) is 54.4 Å². The first-order valence-corrected chi connectivity index (χ1v) is 9.27. The average molecular weight is 332 g/mol. The van der Waals surface area contributed by atoms with Crippen LogP contribution in [0.5, 0.6) is 11.5 Å². The molecule has 2 N–H and O–H groups in total. The number of ether oxygens (including phenoxy) is 2. The SMILES string of the molecule is COc1cc2c(cc1OC)[C@H]1C[C@@H](N)[C@H](CCC(C)C)CN1CC2. The molecule has 1 aromatic carbocycles. The van der Waals surface area contributed by atoms with Gasteiger partial charge in [-0.2, -0.15) is 0 Å². The van der Waals surface area contributed by atoms with Crippen molar-refractivity contribution in [1.82, 2.24) is 4.90 Å². The summed E-state index contributed by atoms with van der Waals surface area (Å²) < 4.78 is 11.0. The third-order valence-electron chi connectivity index (χ3n) is 5.80. The first-order valence-electron chi connectivity index (χ1n) is 9.27. The fourth-order valence-electron chi connectivity index (χ4n) is 4.31. The summed E-state index contributed by atoms with van der Waals surface area (Å²) in [6.07, 6.45) is 4.66. The summed E-state index contributed by atoms with van der Waals surface area (Å²) >= 11 is 0. The number of rotatable bonds is 5. The largest absolute Gasteiger partial charge is 0.493 e. The molecule has 0 aliphatic carbocycles. The fraction of sp³-hybridized carbons (Fsp3) is 0.700. The van der Waals surface area contributed by atoms with Gasteiger partial charge in [0.1, 0.15) is 0 Å². The van der Waals surface area contributed by atoms with E-state index in [2.05, 4.69) is 30.9 Å². The van der Waals surface area contributed by atoms with Gasteiger partial charge in [-0.15, -0.1) is 0 Å². The molecule has 2 heterocycles. The predicted octanol–water partition coefficient (Wildman–Crippen LogP) is 3.39. The zero-order chi connectivity index (χ0) is 17.3. The van der Waals surface area contributed by atoms with E-state index in [-0.39, 0.29) is 0 Å². The summed E-state index contributed by atoms with van der Waals surface area (Å²) in [6.45, 7) is 6.85. The number of fused-ring (bicyclic) bond motifs is 3. The molecule has 0 radical (unpaired) electrons. The maximum absolute atomic E-state index is 6.57. The van der Waals surface area contributed by atoms with Gasteiger partial charge in [0.15, 0.2) is 11.5 Å². The molecule has 1 saturated heterocycles. The van der Waals surface area contributed by atoms with Crippen molar-refractivity contribution in [2.75, 3.05) is 27.3 Å². The van der Waals surface area contributed by atoms with Crippen LogP contribution in [0.4, 0.5) is 0 Å². The molecule has 2 aliphatic heterocycles. The maximum atomic E-state index is 6.57. The van der Waals surface area contributed by atoms with Crippen molar-refractivity contribution in [3.05, 3.63) is 23.3 Å². The summed E-state index contributed by atoms with van der Waals surface area (Å²) in [4.78, 5) is 2.64. The summed E-state index contributed by atoms with van der Waals surface area (Å²) in [5.41, 5.74) is 9.35. The van der Waals surface area contributed by atoms with E-state index < -0.39 is 0 Å². The van der Waals surface area contributed by atoms with Crippen LogP contribution in [0.2, 0.25) is 0 Å². The lowest BCUT2D eigenvalue weighted by molar-refractivity contribution is 0.0769. The van der Waals surface area contributed by atoms with Crippen LogP contribution in [0.25, 0.3) is 0 Å². The highest BCUT2D eigenvalue weighted by atomic mass is 16.5. The van der Waals surface area contributed by atoms with Crippen molar-refractivity contribution in [1.29, 1.82) is 0 Å². The quantitative estimate of drug-likeness (QED) is 0.898. The molecule has 4 heteroatoms. The number of benzene rings is 1. The molecule has 0 amide bonds. The minimum absolute atomic E-state index is 0.295. The molecule has 3 rings (SSSR count). The fourth-order valence-corrected chi connectivity index (χ4v) is 4.31. The lowest BCUT2D eigenvalue weighted by Gasteiger charge is -2.46. The zero-order valence-corrected chi connectivity index (χ0v) is 15.5. The third-order valence-corrected chi connectivity index (χ3v) is 5.80. The number of hydrogen-bond donors (Lipinski definition) is 1. The van der Waals surface area contributed by atoms with Crippen molar-refractivity contribution in [2.45, 2.75) is 51.6 Å². The number of nitrogens with two attached hydrogens (primary N) is 1. The minimum Gasteiger partial charge on any atom is -0.493 e. The Kier molecular flexibility index (Phi) is 5.36. The molecular formula is C20H32N2O2. The second-order valence-corrected chi connectivity index (χ2v) is 7.80. The summed E-state index contributed by atoms with van der Waals surface area (Å²) in [7, 11) is 3.41. The molecule has 0 unspecified atom stereocenters. The van der Waals surface area contributed by atoms with E-state index in [9.17, 15) is 0 Å². The predicted molar refractivity (Wildman–Crippen MR) is 97.7 cm³/mol. The first kappa shape index (κ1) is 17.6. The van der Waals surface area contributed by atoms with E-state index in [1.165, 1.54) is 24.0 Å². The van der Waals surface area contributed by atoms with Gasteiger partial charge in [0.05, 0.1) is 14.2 Å².